The summed E-state index contributed by atoms with van der Waals surface area (Å²) in [5.74, 6) is -0.180. The third-order valence-corrected chi connectivity index (χ3v) is 2.96. The Bertz CT molecular complexity index is 619. The lowest BCUT2D eigenvalue weighted by Crippen LogP contribution is -2.19. The number of anilines is 1. The Balaban J connectivity index is 2.03. The molecule has 0 aliphatic carbocycles. The van der Waals surface area contributed by atoms with Crippen LogP contribution in [0.3, 0.4) is 0 Å². The highest BCUT2D eigenvalue weighted by Gasteiger charge is 2.10. The van der Waals surface area contributed by atoms with E-state index >= 15 is 0 Å². The van der Waals surface area contributed by atoms with Crippen molar-refractivity contribution in [2.24, 2.45) is 0 Å². The molecule has 6 heteroatoms. The van der Waals surface area contributed by atoms with E-state index in [-0.39, 0.29) is 12.5 Å². The van der Waals surface area contributed by atoms with Gasteiger partial charge in [0.15, 0.2) is 0 Å². The fourth-order valence-electron chi connectivity index (χ4n) is 1.79. The predicted octanol–water partition coefficient (Wildman–Crippen LogP) is 1.59. The van der Waals surface area contributed by atoms with Crippen LogP contribution in [0.2, 0.25) is 0 Å². The van der Waals surface area contributed by atoms with Gasteiger partial charge in [-0.2, -0.15) is 0 Å². The maximum atomic E-state index is 12.0. The average Bonchev–Trinajstić information content (AvgIpc) is 2.82. The summed E-state index contributed by atoms with van der Waals surface area (Å²) in [6.45, 7) is 5.58. The molecule has 1 aromatic carbocycles. The molecular weight excluding hydrogens is 256 g/mol. The van der Waals surface area contributed by atoms with E-state index in [4.69, 9.17) is 0 Å². The van der Waals surface area contributed by atoms with E-state index in [1.807, 2.05) is 32.0 Å². The van der Waals surface area contributed by atoms with E-state index in [1.165, 1.54) is 4.68 Å². The molecule has 0 fully saturated rings. The van der Waals surface area contributed by atoms with Crippen LogP contribution in [0, 0.1) is 13.8 Å². The van der Waals surface area contributed by atoms with Crippen molar-refractivity contribution in [3.63, 3.8) is 0 Å². The summed E-state index contributed by atoms with van der Waals surface area (Å²) >= 11 is 0. The maximum Gasteiger partial charge on any atom is 0.246 e. The van der Waals surface area contributed by atoms with Crippen molar-refractivity contribution in [1.82, 2.24) is 15.0 Å². The zero-order valence-electron chi connectivity index (χ0n) is 11.8. The number of aryl methyl sites for hydroxylation is 2. The molecule has 6 nitrogen and oxygen atoms in total. The van der Waals surface area contributed by atoms with Gasteiger partial charge in [-0.25, -0.2) is 4.68 Å². The molecule has 1 atom stereocenters. The lowest BCUT2D eigenvalue weighted by Gasteiger charge is -2.09. The average molecular weight is 274 g/mol. The van der Waals surface area contributed by atoms with Crippen LogP contribution in [-0.2, 0) is 11.3 Å². The molecule has 0 bridgehead atoms. The molecule has 20 heavy (non-hydrogen) atoms. The summed E-state index contributed by atoms with van der Waals surface area (Å²) in [6.07, 6.45) is 0.874. The van der Waals surface area contributed by atoms with Crippen LogP contribution < -0.4 is 5.32 Å². The number of aliphatic hydroxyl groups is 1. The molecule has 0 saturated carbocycles. The van der Waals surface area contributed by atoms with Gasteiger partial charge in [0.2, 0.25) is 5.91 Å². The van der Waals surface area contributed by atoms with Crippen LogP contribution in [0.25, 0.3) is 0 Å². The van der Waals surface area contributed by atoms with E-state index in [0.717, 1.165) is 16.8 Å². The lowest BCUT2D eigenvalue weighted by atomic mass is 10.1. The number of aromatic nitrogens is 3. The number of amides is 1. The monoisotopic (exact) mass is 274 g/mol. The molecular formula is C14H18N4O2. The van der Waals surface area contributed by atoms with Gasteiger partial charge in [0.25, 0.3) is 0 Å². The number of carbonyl (C=O) groups is 1. The fourth-order valence-corrected chi connectivity index (χ4v) is 1.79. The summed E-state index contributed by atoms with van der Waals surface area (Å²) in [6, 6.07) is 5.89. The van der Waals surface area contributed by atoms with Crippen LogP contribution in [-0.4, -0.2) is 26.0 Å². The molecule has 1 amide bonds. The first-order valence-corrected chi connectivity index (χ1v) is 6.41. The molecule has 0 saturated heterocycles. The lowest BCUT2D eigenvalue weighted by molar-refractivity contribution is -0.116. The summed E-state index contributed by atoms with van der Waals surface area (Å²) < 4.78 is 1.41. The quantitative estimate of drug-likeness (QED) is 0.887. The van der Waals surface area contributed by atoms with Crippen molar-refractivity contribution in [3.8, 4) is 0 Å². The smallest absolute Gasteiger partial charge is 0.246 e. The summed E-state index contributed by atoms with van der Waals surface area (Å²) in [4.78, 5) is 12.0. The van der Waals surface area contributed by atoms with Crippen molar-refractivity contribution in [2.45, 2.75) is 33.4 Å². The van der Waals surface area contributed by atoms with Gasteiger partial charge < -0.3 is 10.4 Å². The number of nitrogens with zero attached hydrogens (tertiary/aromatic N) is 3. The molecule has 1 heterocycles. The van der Waals surface area contributed by atoms with Gasteiger partial charge in [0, 0.05) is 5.69 Å². The number of rotatable bonds is 4. The van der Waals surface area contributed by atoms with E-state index in [1.54, 1.807) is 13.1 Å². The molecule has 2 N–H and O–H groups in total. The highest BCUT2D eigenvalue weighted by atomic mass is 16.3. The zero-order chi connectivity index (χ0) is 14.7. The highest BCUT2D eigenvalue weighted by Crippen LogP contribution is 2.16. The van der Waals surface area contributed by atoms with Gasteiger partial charge >= 0.3 is 0 Å². The number of aliphatic hydroxyl groups excluding tert-OH is 1. The van der Waals surface area contributed by atoms with E-state index in [2.05, 4.69) is 15.6 Å². The second-order valence-corrected chi connectivity index (χ2v) is 4.88. The van der Waals surface area contributed by atoms with Gasteiger partial charge in [-0.1, -0.05) is 17.3 Å². The first kappa shape index (κ1) is 14.2. The highest BCUT2D eigenvalue weighted by molar-refractivity contribution is 5.91. The summed E-state index contributed by atoms with van der Waals surface area (Å²) in [5, 5.41) is 19.8. The number of carbonyl (C=O) groups excluding carboxylic acids is 1. The number of hydrogen-bond acceptors (Lipinski definition) is 4. The normalized spacial score (nSPS) is 12.2. The van der Waals surface area contributed by atoms with E-state index in [0.29, 0.717) is 5.69 Å². The molecule has 0 spiro atoms. The minimum atomic E-state index is -0.689. The van der Waals surface area contributed by atoms with Crippen molar-refractivity contribution in [1.29, 1.82) is 0 Å². The van der Waals surface area contributed by atoms with Gasteiger partial charge in [-0.15, -0.1) is 5.10 Å². The molecule has 1 aromatic heterocycles. The summed E-state index contributed by atoms with van der Waals surface area (Å²) in [5.41, 5.74) is 3.34. The van der Waals surface area contributed by atoms with Crippen LogP contribution >= 0.6 is 0 Å². The van der Waals surface area contributed by atoms with Gasteiger partial charge in [-0.3, -0.25) is 4.79 Å². The van der Waals surface area contributed by atoms with Crippen molar-refractivity contribution >= 4 is 11.6 Å². The summed E-state index contributed by atoms with van der Waals surface area (Å²) in [7, 11) is 0. The van der Waals surface area contributed by atoms with Crippen molar-refractivity contribution < 1.29 is 9.90 Å². The van der Waals surface area contributed by atoms with Crippen LogP contribution in [0.1, 0.15) is 29.8 Å². The molecule has 2 aromatic rings. The third kappa shape index (κ3) is 3.42. The topological polar surface area (TPSA) is 80.0 Å². The van der Waals surface area contributed by atoms with Gasteiger partial charge in [0.1, 0.15) is 12.2 Å². The minimum Gasteiger partial charge on any atom is -0.387 e. The standard InChI is InChI=1S/C14H18N4O2/c1-9-4-5-10(2)12(6-9)15-14(20)8-18-7-13(11(3)19)16-17-18/h4-7,11,19H,8H2,1-3H3,(H,15,20). The van der Waals surface area contributed by atoms with Gasteiger partial charge in [-0.05, 0) is 38.0 Å². The minimum absolute atomic E-state index is 0.0626. The first-order chi connectivity index (χ1) is 9.45. The maximum absolute atomic E-state index is 12.0. The SMILES string of the molecule is Cc1ccc(C)c(NC(=O)Cn2cc(C(C)O)nn2)c1. The Hall–Kier alpha value is -2.21. The largest absolute Gasteiger partial charge is 0.387 e. The number of hydrogen-bond donors (Lipinski definition) is 2. The molecule has 0 radical (unpaired) electrons. The number of nitrogens with one attached hydrogen (secondary N) is 1. The Morgan fingerprint density at radius 3 is 2.85 bits per heavy atom. The van der Waals surface area contributed by atoms with E-state index < -0.39 is 6.10 Å². The van der Waals surface area contributed by atoms with E-state index in [9.17, 15) is 9.90 Å². The van der Waals surface area contributed by atoms with Crippen LogP contribution in [0.15, 0.2) is 24.4 Å². The Morgan fingerprint density at radius 2 is 2.20 bits per heavy atom. The molecule has 0 aliphatic rings. The Kier molecular flexibility index (Phi) is 4.14. The molecule has 0 aliphatic heterocycles. The molecule has 106 valence electrons. The first-order valence-electron chi connectivity index (χ1n) is 6.41. The Morgan fingerprint density at radius 1 is 1.45 bits per heavy atom. The van der Waals surface area contributed by atoms with Crippen molar-refractivity contribution in [2.75, 3.05) is 5.32 Å². The predicted molar refractivity (Wildman–Crippen MR) is 75.2 cm³/mol. The van der Waals surface area contributed by atoms with Crippen LogP contribution in [0.4, 0.5) is 5.69 Å². The fraction of sp³-hybridized carbons (Fsp3) is 0.357. The second-order valence-electron chi connectivity index (χ2n) is 4.88. The van der Waals surface area contributed by atoms with Crippen LogP contribution in [0.5, 0.6) is 0 Å². The second kappa shape index (κ2) is 5.83. The number of benzene rings is 1. The van der Waals surface area contributed by atoms with Gasteiger partial charge in [0.05, 0.1) is 12.3 Å². The third-order valence-electron chi connectivity index (χ3n) is 2.96. The van der Waals surface area contributed by atoms with Crippen molar-refractivity contribution in [3.05, 3.63) is 41.2 Å². The molecule has 1 unspecified atom stereocenters. The zero-order valence-corrected chi connectivity index (χ0v) is 11.8. The molecule has 2 rings (SSSR count). The Labute approximate surface area is 117 Å².